The third kappa shape index (κ3) is 4.47. The molecule has 1 aliphatic carbocycles. The molecule has 3 rings (SSSR count). The Hall–Kier alpha value is -2.91. The minimum absolute atomic E-state index is 0.0302. The molecule has 0 unspecified atom stereocenters. The van der Waals surface area contributed by atoms with Crippen molar-refractivity contribution in [1.82, 2.24) is 15.5 Å². The zero-order valence-corrected chi connectivity index (χ0v) is 17.2. The van der Waals surface area contributed by atoms with Crippen LogP contribution in [0.15, 0.2) is 11.3 Å². The predicted molar refractivity (Wildman–Crippen MR) is 103 cm³/mol. The van der Waals surface area contributed by atoms with Gasteiger partial charge in [-0.2, -0.15) is 0 Å². The molecule has 1 saturated heterocycles. The van der Waals surface area contributed by atoms with E-state index in [9.17, 15) is 24.0 Å². The van der Waals surface area contributed by atoms with E-state index < -0.39 is 24.0 Å². The standard InChI is InChI=1S/C20H27N3O7/c1-3-29-19(27)16-11(2)21-20(28)22-14(16)10-30-15(24)8-9-23-17(25)12-6-4-5-7-13(12)18(23)26/h11-13H,3-10H2,1-2H3,(H2,21,22,28)/t11-,12-,13-/m0/s1. The number of fused-ring (bicyclic) bond motifs is 1. The van der Waals surface area contributed by atoms with Crippen LogP contribution >= 0.6 is 0 Å². The van der Waals surface area contributed by atoms with Gasteiger partial charge in [-0.1, -0.05) is 12.8 Å². The first-order valence-corrected chi connectivity index (χ1v) is 10.3. The summed E-state index contributed by atoms with van der Waals surface area (Å²) < 4.78 is 10.2. The maximum absolute atomic E-state index is 12.5. The van der Waals surface area contributed by atoms with Crippen LogP contribution in [0.25, 0.3) is 0 Å². The summed E-state index contributed by atoms with van der Waals surface area (Å²) in [5.74, 6) is -2.17. The average Bonchev–Trinajstić information content (AvgIpc) is 2.95. The van der Waals surface area contributed by atoms with Crippen molar-refractivity contribution in [3.05, 3.63) is 11.3 Å². The highest BCUT2D eigenvalue weighted by Gasteiger charge is 2.47. The normalized spacial score (nSPS) is 26.1. The zero-order valence-electron chi connectivity index (χ0n) is 17.2. The van der Waals surface area contributed by atoms with Crippen molar-refractivity contribution in [2.75, 3.05) is 19.8 Å². The number of ether oxygens (including phenoxy) is 2. The highest BCUT2D eigenvalue weighted by atomic mass is 16.5. The number of nitrogens with one attached hydrogen (secondary N) is 2. The molecular formula is C20H27N3O7. The number of nitrogens with zero attached hydrogens (tertiary/aromatic N) is 1. The fourth-order valence-corrected chi connectivity index (χ4v) is 4.27. The molecule has 30 heavy (non-hydrogen) atoms. The summed E-state index contributed by atoms with van der Waals surface area (Å²) in [6, 6.07) is -1.12. The molecule has 10 heteroatoms. The number of rotatable bonds is 7. The van der Waals surface area contributed by atoms with Crippen molar-refractivity contribution in [2.24, 2.45) is 11.8 Å². The van der Waals surface area contributed by atoms with Gasteiger partial charge in [0.15, 0.2) is 0 Å². The molecule has 10 nitrogen and oxygen atoms in total. The van der Waals surface area contributed by atoms with Crippen molar-refractivity contribution < 1.29 is 33.4 Å². The van der Waals surface area contributed by atoms with E-state index in [1.807, 2.05) is 0 Å². The van der Waals surface area contributed by atoms with Gasteiger partial charge >= 0.3 is 18.0 Å². The monoisotopic (exact) mass is 421 g/mol. The Labute approximate surface area is 174 Å². The maximum atomic E-state index is 12.5. The third-order valence-corrected chi connectivity index (χ3v) is 5.71. The maximum Gasteiger partial charge on any atom is 0.338 e. The number of carbonyl (C=O) groups excluding carboxylic acids is 5. The fraction of sp³-hybridized carbons (Fsp3) is 0.650. The lowest BCUT2D eigenvalue weighted by molar-refractivity contribution is -0.146. The summed E-state index contributed by atoms with van der Waals surface area (Å²) in [6.45, 7) is 3.09. The minimum Gasteiger partial charge on any atom is -0.463 e. The number of hydrogen-bond donors (Lipinski definition) is 2. The lowest BCUT2D eigenvalue weighted by atomic mass is 9.81. The van der Waals surface area contributed by atoms with Crippen LogP contribution in [-0.2, 0) is 28.7 Å². The topological polar surface area (TPSA) is 131 Å². The van der Waals surface area contributed by atoms with Gasteiger partial charge < -0.3 is 20.1 Å². The molecule has 4 amide bonds. The Kier molecular flexibility index (Phi) is 6.73. The SMILES string of the molecule is CCOC(=O)C1=C(COC(=O)CCN2C(=O)[C@H]3CCCC[C@@H]3C2=O)NC(=O)N[C@H]1C. The van der Waals surface area contributed by atoms with Crippen LogP contribution in [0.2, 0.25) is 0 Å². The van der Waals surface area contributed by atoms with E-state index >= 15 is 0 Å². The second kappa shape index (κ2) is 9.27. The highest BCUT2D eigenvalue weighted by molar-refractivity contribution is 6.05. The van der Waals surface area contributed by atoms with Gasteiger partial charge in [0, 0.05) is 6.54 Å². The minimum atomic E-state index is -0.637. The lowest BCUT2D eigenvalue weighted by Gasteiger charge is -2.26. The van der Waals surface area contributed by atoms with E-state index in [-0.39, 0.29) is 61.1 Å². The molecule has 0 aromatic heterocycles. The van der Waals surface area contributed by atoms with Crippen LogP contribution in [0.3, 0.4) is 0 Å². The molecule has 3 aliphatic rings. The molecule has 2 aliphatic heterocycles. The van der Waals surface area contributed by atoms with Gasteiger partial charge in [-0.3, -0.25) is 19.3 Å². The molecule has 0 bridgehead atoms. The van der Waals surface area contributed by atoms with Crippen LogP contribution in [0.1, 0.15) is 46.0 Å². The Bertz CT molecular complexity index is 767. The van der Waals surface area contributed by atoms with E-state index in [1.54, 1.807) is 13.8 Å². The molecule has 0 radical (unpaired) electrons. The van der Waals surface area contributed by atoms with Crippen molar-refractivity contribution in [3.63, 3.8) is 0 Å². The molecule has 2 heterocycles. The Morgan fingerprint density at radius 3 is 2.30 bits per heavy atom. The zero-order chi connectivity index (χ0) is 21.8. The van der Waals surface area contributed by atoms with Crippen LogP contribution in [-0.4, -0.2) is 60.5 Å². The molecule has 0 aromatic carbocycles. The van der Waals surface area contributed by atoms with Gasteiger partial charge in [-0.25, -0.2) is 9.59 Å². The number of likely N-dealkylation sites (tertiary alicyclic amines) is 1. The highest BCUT2D eigenvalue weighted by Crippen LogP contribution is 2.37. The van der Waals surface area contributed by atoms with E-state index in [1.165, 1.54) is 4.90 Å². The molecule has 1 saturated carbocycles. The van der Waals surface area contributed by atoms with Gasteiger partial charge in [-0.15, -0.1) is 0 Å². The van der Waals surface area contributed by atoms with Gasteiger partial charge in [0.05, 0.1) is 42.2 Å². The van der Waals surface area contributed by atoms with E-state index in [4.69, 9.17) is 9.47 Å². The van der Waals surface area contributed by atoms with Crippen molar-refractivity contribution in [3.8, 4) is 0 Å². The molecular weight excluding hydrogens is 394 g/mol. The Morgan fingerprint density at radius 2 is 1.70 bits per heavy atom. The van der Waals surface area contributed by atoms with Crippen LogP contribution in [0.5, 0.6) is 0 Å². The number of amides is 4. The summed E-state index contributed by atoms with van der Waals surface area (Å²) in [4.78, 5) is 62.2. The average molecular weight is 421 g/mol. The van der Waals surface area contributed by atoms with Gasteiger partial charge in [-0.05, 0) is 26.7 Å². The first kappa shape index (κ1) is 21.8. The molecule has 2 N–H and O–H groups in total. The van der Waals surface area contributed by atoms with Crippen molar-refractivity contribution >= 4 is 29.8 Å². The molecule has 0 aromatic rings. The van der Waals surface area contributed by atoms with Crippen LogP contribution in [0, 0.1) is 11.8 Å². The summed E-state index contributed by atoms with van der Waals surface area (Å²) in [7, 11) is 0. The summed E-state index contributed by atoms with van der Waals surface area (Å²) >= 11 is 0. The number of imide groups is 1. The van der Waals surface area contributed by atoms with Crippen molar-refractivity contribution in [2.45, 2.75) is 52.0 Å². The van der Waals surface area contributed by atoms with Crippen molar-refractivity contribution in [1.29, 1.82) is 0 Å². The largest absolute Gasteiger partial charge is 0.463 e. The molecule has 3 atom stereocenters. The first-order valence-electron chi connectivity index (χ1n) is 10.3. The smallest absolute Gasteiger partial charge is 0.338 e. The third-order valence-electron chi connectivity index (χ3n) is 5.71. The van der Waals surface area contributed by atoms with Gasteiger partial charge in [0.25, 0.3) is 0 Å². The number of carbonyl (C=O) groups is 5. The second-order valence-electron chi connectivity index (χ2n) is 7.67. The number of urea groups is 1. The number of hydrogen-bond acceptors (Lipinski definition) is 7. The molecule has 0 spiro atoms. The van der Waals surface area contributed by atoms with Crippen LogP contribution in [0.4, 0.5) is 4.79 Å². The summed E-state index contributed by atoms with van der Waals surface area (Å²) in [5, 5.41) is 5.02. The van der Waals surface area contributed by atoms with Gasteiger partial charge in [0.1, 0.15) is 6.61 Å². The van der Waals surface area contributed by atoms with Crippen LogP contribution < -0.4 is 10.6 Å². The Balaban J connectivity index is 1.57. The summed E-state index contributed by atoms with van der Waals surface area (Å²) in [6.07, 6.45) is 3.15. The van der Waals surface area contributed by atoms with E-state index in [2.05, 4.69) is 10.6 Å². The fourth-order valence-electron chi connectivity index (χ4n) is 4.27. The first-order chi connectivity index (χ1) is 14.3. The molecule has 2 fully saturated rings. The quantitative estimate of drug-likeness (QED) is 0.455. The Morgan fingerprint density at radius 1 is 1.07 bits per heavy atom. The second-order valence-corrected chi connectivity index (χ2v) is 7.67. The lowest BCUT2D eigenvalue weighted by Crippen LogP contribution is -2.50. The van der Waals surface area contributed by atoms with E-state index in [0.29, 0.717) is 12.8 Å². The summed E-state index contributed by atoms with van der Waals surface area (Å²) in [5.41, 5.74) is 0.329. The number of esters is 2. The predicted octanol–water partition coefficient (Wildman–Crippen LogP) is 0.613. The van der Waals surface area contributed by atoms with Gasteiger partial charge in [0.2, 0.25) is 11.8 Å². The van der Waals surface area contributed by atoms with E-state index in [0.717, 1.165) is 12.8 Å². The molecule has 164 valence electrons.